The van der Waals surface area contributed by atoms with Gasteiger partial charge in [-0.25, -0.2) is 4.98 Å². The summed E-state index contributed by atoms with van der Waals surface area (Å²) in [5.74, 6) is 2.75. The van der Waals surface area contributed by atoms with Gasteiger partial charge in [-0.05, 0) is 105 Å². The maximum Gasteiger partial charge on any atom is 0.306 e. The molecule has 1 aromatic heterocycles. The van der Waals surface area contributed by atoms with Crippen LogP contribution in [0.3, 0.4) is 0 Å². The number of esters is 1. The second kappa shape index (κ2) is 11.5. The lowest BCUT2D eigenvalue weighted by molar-refractivity contribution is -0.158. The third-order valence-corrected chi connectivity index (χ3v) is 11.7. The Kier molecular flexibility index (Phi) is 7.95. The average molecular weight is 565 g/mol. The van der Waals surface area contributed by atoms with Crippen LogP contribution in [-0.2, 0) is 20.7 Å². The van der Waals surface area contributed by atoms with Crippen molar-refractivity contribution in [1.29, 1.82) is 0 Å². The van der Waals surface area contributed by atoms with Crippen molar-refractivity contribution in [2.45, 2.75) is 109 Å². The Morgan fingerprint density at radius 3 is 2.75 bits per heavy atom. The SMILES string of the molecule is Cc1cnc(NC(=O)CCC2CC(OC(=O)CCC3CCCC3)C3(C)CCC4c5ccc(O)cc5CCC4C23)s1. The van der Waals surface area contributed by atoms with E-state index in [2.05, 4.69) is 23.3 Å². The van der Waals surface area contributed by atoms with Gasteiger partial charge in [-0.3, -0.25) is 9.59 Å². The predicted octanol–water partition coefficient (Wildman–Crippen LogP) is 7.54. The molecule has 2 N–H and O–H groups in total. The molecule has 1 amide bonds. The van der Waals surface area contributed by atoms with E-state index in [4.69, 9.17) is 4.74 Å². The third kappa shape index (κ3) is 5.55. The van der Waals surface area contributed by atoms with Crippen molar-refractivity contribution in [3.63, 3.8) is 0 Å². The first-order valence-corrected chi connectivity index (χ1v) is 16.4. The molecule has 6 nitrogen and oxygen atoms in total. The zero-order valence-corrected chi connectivity index (χ0v) is 24.8. The van der Waals surface area contributed by atoms with Gasteiger partial charge in [0, 0.05) is 29.3 Å². The van der Waals surface area contributed by atoms with Gasteiger partial charge in [0.1, 0.15) is 11.9 Å². The van der Waals surface area contributed by atoms with Crippen LogP contribution in [0.1, 0.15) is 106 Å². The van der Waals surface area contributed by atoms with E-state index >= 15 is 0 Å². The third-order valence-electron chi connectivity index (χ3n) is 10.9. The Balaban J connectivity index is 1.19. The van der Waals surface area contributed by atoms with E-state index in [0.29, 0.717) is 53.3 Å². The number of benzene rings is 1. The van der Waals surface area contributed by atoms with Gasteiger partial charge in [0.25, 0.3) is 0 Å². The first kappa shape index (κ1) is 27.7. The van der Waals surface area contributed by atoms with E-state index in [0.717, 1.165) is 49.8 Å². The topological polar surface area (TPSA) is 88.5 Å². The molecule has 0 bridgehead atoms. The molecule has 1 heterocycles. The Morgan fingerprint density at radius 2 is 1.98 bits per heavy atom. The van der Waals surface area contributed by atoms with Gasteiger partial charge < -0.3 is 15.2 Å². The van der Waals surface area contributed by atoms with Crippen molar-refractivity contribution in [2.75, 3.05) is 5.32 Å². The van der Waals surface area contributed by atoms with Crippen LogP contribution in [0.15, 0.2) is 24.4 Å². The predicted molar refractivity (Wildman–Crippen MR) is 157 cm³/mol. The summed E-state index contributed by atoms with van der Waals surface area (Å²) in [6.07, 6.45) is 14.6. The number of carbonyl (C=O) groups is 2. The molecule has 3 fully saturated rings. The minimum Gasteiger partial charge on any atom is -0.508 e. The normalized spacial score (nSPS) is 31.3. The number of carbonyl (C=O) groups excluding carboxylic acids is 2. The number of amides is 1. The molecule has 0 aliphatic heterocycles. The number of phenols is 1. The number of fused-ring (bicyclic) bond motifs is 5. The number of nitrogens with one attached hydrogen (secondary N) is 1. The molecule has 1 aromatic carbocycles. The van der Waals surface area contributed by atoms with Gasteiger partial charge in [-0.15, -0.1) is 11.3 Å². The van der Waals surface area contributed by atoms with E-state index in [-0.39, 0.29) is 23.4 Å². The van der Waals surface area contributed by atoms with E-state index in [9.17, 15) is 14.7 Å². The van der Waals surface area contributed by atoms with Gasteiger partial charge in [-0.1, -0.05) is 38.7 Å². The number of phenolic OH excluding ortho intramolecular Hbond substituents is 1. The van der Waals surface area contributed by atoms with Crippen LogP contribution in [0.2, 0.25) is 0 Å². The molecule has 6 atom stereocenters. The Bertz CT molecular complexity index is 1240. The van der Waals surface area contributed by atoms with E-state index < -0.39 is 0 Å². The Hall–Kier alpha value is -2.41. The van der Waals surface area contributed by atoms with Crippen molar-refractivity contribution in [3.05, 3.63) is 40.4 Å². The highest BCUT2D eigenvalue weighted by atomic mass is 32.1. The summed E-state index contributed by atoms with van der Waals surface area (Å²) in [5, 5.41) is 13.7. The largest absolute Gasteiger partial charge is 0.508 e. The highest BCUT2D eigenvalue weighted by Gasteiger charge is 2.60. The summed E-state index contributed by atoms with van der Waals surface area (Å²) in [6.45, 7) is 4.36. The lowest BCUT2D eigenvalue weighted by Gasteiger charge is -2.51. The summed E-state index contributed by atoms with van der Waals surface area (Å²) in [6, 6.07) is 5.92. The Morgan fingerprint density at radius 1 is 1.15 bits per heavy atom. The van der Waals surface area contributed by atoms with Crippen LogP contribution in [0.25, 0.3) is 0 Å². The maximum atomic E-state index is 13.1. The van der Waals surface area contributed by atoms with Crippen LogP contribution in [0.4, 0.5) is 5.13 Å². The summed E-state index contributed by atoms with van der Waals surface area (Å²) in [7, 11) is 0. The number of aromatic nitrogens is 1. The highest BCUT2D eigenvalue weighted by molar-refractivity contribution is 7.15. The molecule has 40 heavy (non-hydrogen) atoms. The molecular weight excluding hydrogens is 520 g/mol. The van der Waals surface area contributed by atoms with Gasteiger partial charge in [-0.2, -0.15) is 0 Å². The lowest BCUT2D eigenvalue weighted by atomic mass is 9.53. The number of hydrogen-bond acceptors (Lipinski definition) is 6. The fourth-order valence-corrected chi connectivity index (χ4v) is 9.71. The second-order valence-electron chi connectivity index (χ2n) is 13.3. The molecule has 4 aliphatic carbocycles. The molecule has 3 saturated carbocycles. The maximum absolute atomic E-state index is 13.1. The smallest absolute Gasteiger partial charge is 0.306 e. The highest BCUT2D eigenvalue weighted by Crippen LogP contribution is 2.64. The number of hydrogen-bond donors (Lipinski definition) is 2. The van der Waals surface area contributed by atoms with Crippen LogP contribution in [-0.4, -0.2) is 28.1 Å². The minimum atomic E-state index is -0.0783. The molecular formula is C33H44N2O4S. The van der Waals surface area contributed by atoms with Crippen LogP contribution in [0.5, 0.6) is 5.75 Å². The van der Waals surface area contributed by atoms with Gasteiger partial charge in [0.05, 0.1) is 0 Å². The van der Waals surface area contributed by atoms with E-state index in [1.165, 1.54) is 48.1 Å². The fourth-order valence-electron chi connectivity index (χ4n) is 9.03. The lowest BCUT2D eigenvalue weighted by Crippen LogP contribution is -2.46. The first-order valence-electron chi connectivity index (χ1n) is 15.5. The van der Waals surface area contributed by atoms with Crippen molar-refractivity contribution >= 4 is 28.3 Å². The molecule has 2 aromatic rings. The van der Waals surface area contributed by atoms with Crippen molar-refractivity contribution in [1.82, 2.24) is 4.98 Å². The summed E-state index contributed by atoms with van der Waals surface area (Å²) in [4.78, 5) is 31.4. The summed E-state index contributed by atoms with van der Waals surface area (Å²) >= 11 is 1.50. The van der Waals surface area contributed by atoms with Gasteiger partial charge >= 0.3 is 5.97 Å². The number of anilines is 1. The van der Waals surface area contributed by atoms with Gasteiger partial charge in [0.2, 0.25) is 5.91 Å². The van der Waals surface area contributed by atoms with E-state index in [1.54, 1.807) is 6.20 Å². The fraction of sp³-hybridized carbons (Fsp3) is 0.667. The quantitative estimate of drug-likeness (QED) is 0.323. The Labute approximate surface area is 242 Å². The number of aromatic hydroxyl groups is 1. The molecule has 216 valence electrons. The summed E-state index contributed by atoms with van der Waals surface area (Å²) < 4.78 is 6.36. The van der Waals surface area contributed by atoms with E-state index in [1.807, 2.05) is 19.1 Å². The van der Waals surface area contributed by atoms with Gasteiger partial charge in [0.15, 0.2) is 5.13 Å². The molecule has 0 saturated heterocycles. The first-order chi connectivity index (χ1) is 19.3. The average Bonchev–Trinajstić information content (AvgIpc) is 3.66. The molecule has 6 unspecified atom stereocenters. The van der Waals surface area contributed by atoms with Crippen LogP contribution >= 0.6 is 11.3 Å². The number of rotatable bonds is 8. The monoisotopic (exact) mass is 564 g/mol. The van der Waals surface area contributed by atoms with Crippen LogP contribution < -0.4 is 5.32 Å². The van der Waals surface area contributed by atoms with Crippen LogP contribution in [0, 0.1) is 36.0 Å². The second-order valence-corrected chi connectivity index (χ2v) is 14.5. The molecule has 0 spiro atoms. The van der Waals surface area contributed by atoms with Crippen molar-refractivity contribution in [3.8, 4) is 5.75 Å². The van der Waals surface area contributed by atoms with Crippen molar-refractivity contribution in [2.24, 2.45) is 29.1 Å². The number of thiazole rings is 1. The standard InChI is InChI=1S/C33H44N2O4S/c1-20-19-34-32(40-20)35-29(37)13-9-23-18-28(39-30(38)14-7-21-5-3-4-6-21)33(2)16-15-26-25-12-10-24(36)17-22(25)8-11-27(26)31(23)33/h10,12,17,19,21,23,26-28,31,36H,3-9,11,13-16,18H2,1-2H3,(H,34,35,37). The molecule has 6 rings (SSSR count). The number of ether oxygens (including phenoxy) is 1. The molecule has 4 aliphatic rings. The molecule has 7 heteroatoms. The number of aryl methyl sites for hydroxylation is 2. The summed E-state index contributed by atoms with van der Waals surface area (Å²) in [5.41, 5.74) is 2.61. The zero-order chi connectivity index (χ0) is 27.9. The minimum absolute atomic E-state index is 0.0184. The van der Waals surface area contributed by atoms with Crippen molar-refractivity contribution < 1.29 is 19.4 Å². The molecule has 0 radical (unpaired) electrons. The zero-order valence-electron chi connectivity index (χ0n) is 24.0. The number of nitrogens with zero attached hydrogens (tertiary/aromatic N) is 1.